The first-order chi connectivity index (χ1) is 35.8. The zero-order chi connectivity index (χ0) is 47.0. The summed E-state index contributed by atoms with van der Waals surface area (Å²) in [7, 11) is -0.369. The van der Waals surface area contributed by atoms with Gasteiger partial charge in [-0.25, -0.2) is 4.98 Å². The molecule has 336 valence electrons. The minimum absolute atomic E-state index is 0.138. The van der Waals surface area contributed by atoms with Crippen LogP contribution in [0.1, 0.15) is 0 Å². The number of rotatable bonds is 6. The molecule has 2 aromatic heterocycles. The van der Waals surface area contributed by atoms with E-state index in [1.165, 1.54) is 22.7 Å². The van der Waals surface area contributed by atoms with E-state index in [1.54, 1.807) is 0 Å². The molecule has 12 aromatic rings. The van der Waals surface area contributed by atoms with E-state index in [2.05, 4.69) is 287 Å². The van der Waals surface area contributed by atoms with Gasteiger partial charge in [-0.2, -0.15) is 0 Å². The number of hydrogen-bond acceptors (Lipinski definition) is 7. The molecule has 0 spiro atoms. The normalized spacial score (nSPS) is 14.2. The fourth-order valence-corrected chi connectivity index (χ4v) is 12.1. The summed E-state index contributed by atoms with van der Waals surface area (Å²) in [5, 5.41) is 0. The molecule has 6 heterocycles. The Kier molecular flexibility index (Phi) is 8.15. The smallest absolute Gasteiger partial charge is 0.344 e. The van der Waals surface area contributed by atoms with Crippen molar-refractivity contribution in [2.24, 2.45) is 0 Å². The zero-order valence-corrected chi connectivity index (χ0v) is 38.9. The average Bonchev–Trinajstić information content (AvgIpc) is 4.28. The predicted molar refractivity (Wildman–Crippen MR) is 298 cm³/mol. The van der Waals surface area contributed by atoms with Gasteiger partial charge in [-0.3, -0.25) is 8.97 Å². The molecule has 0 aliphatic carbocycles. The van der Waals surface area contributed by atoms with Crippen molar-refractivity contribution in [3.8, 4) is 16.8 Å². The lowest BCUT2D eigenvalue weighted by atomic mass is 9.86. The topological polar surface area (TPSA) is 41.7 Å². The number of nitrogens with zero attached hydrogens (tertiary/aromatic N) is 9. The molecule has 10 aromatic carbocycles. The van der Waals surface area contributed by atoms with Crippen molar-refractivity contribution in [3.63, 3.8) is 0 Å². The van der Waals surface area contributed by atoms with Gasteiger partial charge in [-0.1, -0.05) is 121 Å². The number of benzene rings is 10. The Balaban J connectivity index is 0.873. The molecule has 0 saturated carbocycles. The lowest BCUT2D eigenvalue weighted by molar-refractivity contribution is 1.11. The average molecular weight is 922 g/mol. The Morgan fingerprint density at radius 1 is 0.264 bits per heavy atom. The van der Waals surface area contributed by atoms with Gasteiger partial charge in [-0.15, -0.1) is 0 Å². The molecule has 4 aliphatic heterocycles. The number of anilines is 12. The first-order valence-electron chi connectivity index (χ1n) is 24.6. The summed E-state index contributed by atoms with van der Waals surface area (Å²) in [5.41, 5.74) is 21.4. The van der Waals surface area contributed by atoms with Crippen LogP contribution in [0.15, 0.2) is 249 Å². The highest BCUT2D eigenvalue weighted by Crippen LogP contribution is 2.59. The Morgan fingerprint density at radius 3 is 1.18 bits per heavy atom. The third-order valence-corrected chi connectivity index (χ3v) is 15.1. The minimum atomic E-state index is -0.231. The Hall–Kier alpha value is -9.60. The van der Waals surface area contributed by atoms with Gasteiger partial charge >= 0.3 is 14.2 Å². The molecule has 0 bridgehead atoms. The molecule has 0 amide bonds. The van der Waals surface area contributed by atoms with Crippen molar-refractivity contribution in [2.45, 2.75) is 0 Å². The maximum absolute atomic E-state index is 5.24. The van der Waals surface area contributed by atoms with Gasteiger partial charge in [-0.05, 0) is 139 Å². The van der Waals surface area contributed by atoms with Crippen molar-refractivity contribution in [1.82, 2.24) is 14.0 Å². The second-order valence-corrected chi connectivity index (χ2v) is 18.9. The van der Waals surface area contributed by atoms with Crippen LogP contribution in [-0.2, 0) is 0 Å². The molecule has 16 rings (SSSR count). The van der Waals surface area contributed by atoms with Gasteiger partial charge in [0.25, 0.3) is 0 Å². The van der Waals surface area contributed by atoms with E-state index in [4.69, 9.17) is 4.98 Å². The van der Waals surface area contributed by atoms with E-state index in [9.17, 15) is 0 Å². The SMILES string of the molecule is c1ccc(N2B3N(c4ccccc4)c4ccc(-c5ccc6c(c5)N5B(N(c7ccccc7)c7ccccc75)N6c5cccc(-n6c7ccccc7n7c8ccccc8nc67)c5)cc4N3c3ccccc32)cc1. The van der Waals surface area contributed by atoms with Crippen molar-refractivity contribution in [1.29, 1.82) is 0 Å². The second kappa shape index (κ2) is 15.0. The molecule has 0 fully saturated rings. The van der Waals surface area contributed by atoms with E-state index >= 15 is 0 Å². The molecule has 0 N–H and O–H groups in total. The van der Waals surface area contributed by atoms with Crippen molar-refractivity contribution in [3.05, 3.63) is 249 Å². The molecule has 0 atom stereocenters. The zero-order valence-electron chi connectivity index (χ0n) is 38.9. The van der Waals surface area contributed by atoms with Crippen LogP contribution in [0.2, 0.25) is 0 Å². The third-order valence-electron chi connectivity index (χ3n) is 15.1. The van der Waals surface area contributed by atoms with Crippen LogP contribution >= 0.6 is 0 Å². The maximum atomic E-state index is 5.24. The molecule has 0 saturated heterocycles. The van der Waals surface area contributed by atoms with Gasteiger partial charge in [0.2, 0.25) is 5.78 Å². The van der Waals surface area contributed by atoms with E-state index in [0.29, 0.717) is 0 Å². The molecular formula is C61H41B2N9. The molecule has 9 nitrogen and oxygen atoms in total. The molecule has 0 unspecified atom stereocenters. The van der Waals surface area contributed by atoms with Gasteiger partial charge in [0.05, 0.1) is 73.3 Å². The summed E-state index contributed by atoms with van der Waals surface area (Å²) in [6.45, 7) is 0. The summed E-state index contributed by atoms with van der Waals surface area (Å²) in [6, 6.07) is 90.2. The minimum Gasteiger partial charge on any atom is -0.344 e. The van der Waals surface area contributed by atoms with Crippen LogP contribution in [0, 0.1) is 0 Å². The van der Waals surface area contributed by atoms with Crippen LogP contribution in [0.3, 0.4) is 0 Å². The fourth-order valence-electron chi connectivity index (χ4n) is 12.1. The summed E-state index contributed by atoms with van der Waals surface area (Å²) in [4.78, 5) is 20.3. The highest BCUT2D eigenvalue weighted by atomic mass is 15.5. The Bertz CT molecular complexity index is 4140. The first kappa shape index (κ1) is 39.3. The number of para-hydroxylation sites is 11. The molecule has 11 heteroatoms. The second-order valence-electron chi connectivity index (χ2n) is 18.9. The molecule has 72 heavy (non-hydrogen) atoms. The number of aromatic nitrogens is 3. The van der Waals surface area contributed by atoms with E-state index in [1.807, 2.05) is 0 Å². The van der Waals surface area contributed by atoms with Gasteiger partial charge < -0.3 is 28.9 Å². The highest BCUT2D eigenvalue weighted by molar-refractivity contribution is 6.81. The van der Waals surface area contributed by atoms with Crippen molar-refractivity contribution in [2.75, 3.05) is 28.9 Å². The van der Waals surface area contributed by atoms with Crippen LogP contribution in [0.5, 0.6) is 0 Å². The largest absolute Gasteiger partial charge is 0.519 e. The fraction of sp³-hybridized carbons (Fsp3) is 0. The van der Waals surface area contributed by atoms with E-state index < -0.39 is 0 Å². The van der Waals surface area contributed by atoms with Crippen LogP contribution in [0.25, 0.3) is 44.7 Å². The number of hydrogen-bond donors (Lipinski definition) is 0. The lowest BCUT2D eigenvalue weighted by Crippen LogP contribution is -2.51. The Labute approximate surface area is 416 Å². The number of fused-ring (bicyclic) bond motifs is 15. The van der Waals surface area contributed by atoms with Gasteiger partial charge in [0.15, 0.2) is 0 Å². The first-order valence-corrected chi connectivity index (χ1v) is 24.6. The summed E-state index contributed by atoms with van der Waals surface area (Å²) in [5.74, 6) is 0.888. The molecule has 4 aliphatic rings. The quantitative estimate of drug-likeness (QED) is 0.154. The summed E-state index contributed by atoms with van der Waals surface area (Å²) < 4.78 is 4.60. The summed E-state index contributed by atoms with van der Waals surface area (Å²) >= 11 is 0. The summed E-state index contributed by atoms with van der Waals surface area (Å²) in [6.07, 6.45) is 0. The molecule has 0 radical (unpaired) electrons. The van der Waals surface area contributed by atoms with Crippen molar-refractivity contribution < 1.29 is 0 Å². The van der Waals surface area contributed by atoms with Crippen molar-refractivity contribution >= 4 is 110 Å². The van der Waals surface area contributed by atoms with Gasteiger partial charge in [0, 0.05) is 22.7 Å². The van der Waals surface area contributed by atoms with E-state index in [0.717, 1.165) is 90.2 Å². The highest BCUT2D eigenvalue weighted by Gasteiger charge is 2.55. The van der Waals surface area contributed by atoms with Crippen LogP contribution in [0.4, 0.5) is 68.2 Å². The maximum Gasteiger partial charge on any atom is 0.519 e. The standard InChI is InChI=1S/C61H41B2N9/c1-4-19-44(20-5-1)67-53-31-14-16-33-55(53)71-59-39-42(35-37-57(59)69(62(67)71)46-23-8-3-9-24-46)43-36-38-58-60(40-43)72-56-34-17-15-32-54(56)68(45-21-6-2-7-22-45)63(72)70(58)48-26-18-25-47(41-48)65-51-29-12-13-30-52(51)66-50-28-11-10-27-49(50)64-61(65)66/h1-41H. The molecular weight excluding hydrogens is 880 g/mol. The van der Waals surface area contributed by atoms with Gasteiger partial charge in [0.1, 0.15) is 0 Å². The predicted octanol–water partition coefficient (Wildman–Crippen LogP) is 15.0. The monoisotopic (exact) mass is 921 g/mol. The van der Waals surface area contributed by atoms with E-state index in [-0.39, 0.29) is 14.2 Å². The third kappa shape index (κ3) is 5.41. The Morgan fingerprint density at radius 2 is 0.653 bits per heavy atom. The lowest BCUT2D eigenvalue weighted by Gasteiger charge is -2.31. The van der Waals surface area contributed by atoms with Crippen LogP contribution in [-0.4, -0.2) is 28.2 Å². The number of imidazole rings is 2. The van der Waals surface area contributed by atoms with Crippen LogP contribution < -0.4 is 28.9 Å².